The maximum absolute atomic E-state index is 13.3. The largest absolute Gasteiger partial charge is 0.334 e. The van der Waals surface area contributed by atoms with Gasteiger partial charge in [0, 0.05) is 30.6 Å². The molecule has 0 aliphatic heterocycles. The van der Waals surface area contributed by atoms with Gasteiger partial charge in [0.25, 0.3) is 5.89 Å². The molecule has 3 rings (SSSR count). The summed E-state index contributed by atoms with van der Waals surface area (Å²) in [4.78, 5) is 4.15. The van der Waals surface area contributed by atoms with Crippen LogP contribution in [0.25, 0.3) is 11.5 Å². The van der Waals surface area contributed by atoms with Crippen LogP contribution in [0, 0.1) is 5.82 Å². The Morgan fingerprint density at radius 3 is 2.62 bits per heavy atom. The monoisotopic (exact) mass is 395 g/mol. The molecular weight excluding hydrogens is 381 g/mol. The predicted octanol–water partition coefficient (Wildman–Crippen LogP) is 3.39. The van der Waals surface area contributed by atoms with E-state index in [2.05, 4.69) is 10.1 Å². The number of nitrogens with zero attached hydrogens (tertiary/aromatic N) is 3. The molecule has 9 heteroatoms. The summed E-state index contributed by atoms with van der Waals surface area (Å²) in [6.07, 6.45) is 0.252. The van der Waals surface area contributed by atoms with E-state index in [1.54, 1.807) is 24.3 Å². The molecule has 0 saturated carbocycles. The summed E-state index contributed by atoms with van der Waals surface area (Å²) in [6, 6.07) is 11.8. The van der Waals surface area contributed by atoms with Crippen molar-refractivity contribution in [3.05, 3.63) is 65.2 Å². The zero-order chi connectivity index (χ0) is 18.7. The number of hydrogen-bond donors (Lipinski definition) is 0. The fourth-order valence-corrected chi connectivity index (χ4v) is 3.58. The van der Waals surface area contributed by atoms with Crippen molar-refractivity contribution in [3.8, 4) is 11.5 Å². The molecule has 0 aliphatic rings. The van der Waals surface area contributed by atoms with Gasteiger partial charge < -0.3 is 4.52 Å². The molecule has 6 nitrogen and oxygen atoms in total. The van der Waals surface area contributed by atoms with E-state index in [0.717, 1.165) is 10.4 Å². The quantitative estimate of drug-likeness (QED) is 0.639. The lowest BCUT2D eigenvalue weighted by Gasteiger charge is -2.16. The maximum Gasteiger partial charge on any atom is 0.257 e. The topological polar surface area (TPSA) is 76.3 Å². The summed E-state index contributed by atoms with van der Waals surface area (Å²) in [5.74, 6) is 0.0915. The number of hydrogen-bond acceptors (Lipinski definition) is 5. The predicted molar refractivity (Wildman–Crippen MR) is 94.7 cm³/mol. The number of halogens is 2. The van der Waals surface area contributed by atoms with Crippen molar-refractivity contribution in [2.45, 2.75) is 11.3 Å². The molecule has 1 aromatic heterocycles. The lowest BCUT2D eigenvalue weighted by atomic mass is 10.2. The van der Waals surface area contributed by atoms with Crippen LogP contribution in [-0.4, -0.2) is 36.5 Å². The Bertz CT molecular complexity index is 1010. The summed E-state index contributed by atoms with van der Waals surface area (Å²) < 4.78 is 44.5. The molecule has 0 atom stereocenters. The molecule has 0 saturated heterocycles. The van der Waals surface area contributed by atoms with Gasteiger partial charge >= 0.3 is 0 Å². The highest BCUT2D eigenvalue weighted by molar-refractivity contribution is 7.89. The Morgan fingerprint density at radius 1 is 1.19 bits per heavy atom. The van der Waals surface area contributed by atoms with Crippen molar-refractivity contribution in [2.75, 3.05) is 13.6 Å². The summed E-state index contributed by atoms with van der Waals surface area (Å²) in [6.45, 7) is 0.123. The fourth-order valence-electron chi connectivity index (χ4n) is 2.25. The third-order valence-corrected chi connectivity index (χ3v) is 5.82. The van der Waals surface area contributed by atoms with Gasteiger partial charge in [-0.15, -0.1) is 0 Å². The molecule has 2 aromatic carbocycles. The summed E-state index contributed by atoms with van der Waals surface area (Å²) >= 11 is 5.84. The van der Waals surface area contributed by atoms with E-state index in [1.807, 2.05) is 0 Å². The van der Waals surface area contributed by atoms with Gasteiger partial charge in [-0.25, -0.2) is 17.1 Å². The normalized spacial score (nSPS) is 11.8. The lowest BCUT2D eigenvalue weighted by Crippen LogP contribution is -2.29. The Labute approximate surface area is 155 Å². The zero-order valence-electron chi connectivity index (χ0n) is 13.8. The third kappa shape index (κ3) is 4.09. The second-order valence-electron chi connectivity index (χ2n) is 5.56. The molecule has 0 N–H and O–H groups in total. The van der Waals surface area contributed by atoms with Crippen LogP contribution >= 0.6 is 11.6 Å². The highest BCUT2D eigenvalue weighted by Crippen LogP contribution is 2.20. The Morgan fingerprint density at radius 2 is 1.92 bits per heavy atom. The summed E-state index contributed by atoms with van der Waals surface area (Å²) in [5.41, 5.74) is 0.717. The van der Waals surface area contributed by atoms with E-state index in [1.165, 1.54) is 25.2 Å². The molecule has 136 valence electrons. The van der Waals surface area contributed by atoms with Crippen LogP contribution in [0.4, 0.5) is 4.39 Å². The van der Waals surface area contributed by atoms with Crippen molar-refractivity contribution >= 4 is 21.6 Å². The first-order valence-corrected chi connectivity index (χ1v) is 9.48. The van der Waals surface area contributed by atoms with E-state index >= 15 is 0 Å². The molecule has 0 aliphatic carbocycles. The number of benzene rings is 2. The van der Waals surface area contributed by atoms with E-state index in [9.17, 15) is 12.8 Å². The Kier molecular flexibility index (Phi) is 5.36. The minimum absolute atomic E-state index is 0.102. The van der Waals surface area contributed by atoms with Crippen molar-refractivity contribution in [1.82, 2.24) is 14.4 Å². The average Bonchev–Trinajstić information content (AvgIpc) is 3.09. The first-order valence-electron chi connectivity index (χ1n) is 7.67. The van der Waals surface area contributed by atoms with E-state index in [-0.39, 0.29) is 17.9 Å². The van der Waals surface area contributed by atoms with E-state index in [0.29, 0.717) is 22.3 Å². The van der Waals surface area contributed by atoms with Crippen LogP contribution in [0.5, 0.6) is 0 Å². The smallest absolute Gasteiger partial charge is 0.257 e. The van der Waals surface area contributed by atoms with Gasteiger partial charge in [-0.3, -0.25) is 0 Å². The number of likely N-dealkylation sites (N-methyl/N-ethyl adjacent to an activating group) is 1. The second-order valence-corrected chi connectivity index (χ2v) is 8.04. The number of sulfonamides is 1. The van der Waals surface area contributed by atoms with Gasteiger partial charge in [-0.2, -0.15) is 4.98 Å². The number of rotatable bonds is 6. The zero-order valence-corrected chi connectivity index (χ0v) is 15.3. The fraction of sp³-hybridized carbons (Fsp3) is 0.176. The minimum Gasteiger partial charge on any atom is -0.334 e. The molecule has 3 aromatic rings. The summed E-state index contributed by atoms with van der Waals surface area (Å²) in [5, 5.41) is 4.45. The minimum atomic E-state index is -3.79. The van der Waals surface area contributed by atoms with Gasteiger partial charge in [-0.05, 0) is 42.5 Å². The average molecular weight is 396 g/mol. The molecule has 26 heavy (non-hydrogen) atoms. The van der Waals surface area contributed by atoms with Crippen LogP contribution in [-0.2, 0) is 16.4 Å². The van der Waals surface area contributed by atoms with Crippen LogP contribution in [0.3, 0.4) is 0 Å². The lowest BCUT2D eigenvalue weighted by molar-refractivity contribution is 0.415. The molecule has 0 spiro atoms. The van der Waals surface area contributed by atoms with E-state index in [4.69, 9.17) is 16.1 Å². The standard InChI is InChI=1S/C17H15ClFN3O3S/c1-22(26(23,24)15-4-2-3-14(19)11-15)10-9-16-20-17(25-21-16)12-5-7-13(18)8-6-12/h2-8,11H,9-10H2,1H3. The maximum atomic E-state index is 13.3. The van der Waals surface area contributed by atoms with Crippen LogP contribution in [0.1, 0.15) is 5.82 Å². The van der Waals surface area contributed by atoms with Crippen LogP contribution in [0.15, 0.2) is 57.9 Å². The van der Waals surface area contributed by atoms with Crippen LogP contribution in [0.2, 0.25) is 5.02 Å². The van der Waals surface area contributed by atoms with Gasteiger partial charge in [0.05, 0.1) is 4.90 Å². The molecule has 0 amide bonds. The van der Waals surface area contributed by atoms with Crippen molar-refractivity contribution < 1.29 is 17.3 Å². The Hall–Kier alpha value is -2.29. The highest BCUT2D eigenvalue weighted by atomic mass is 35.5. The van der Waals surface area contributed by atoms with Gasteiger partial charge in [0.2, 0.25) is 10.0 Å². The van der Waals surface area contributed by atoms with Gasteiger partial charge in [0.15, 0.2) is 5.82 Å². The molecular formula is C17H15ClFN3O3S. The molecule has 0 bridgehead atoms. The van der Waals surface area contributed by atoms with E-state index < -0.39 is 15.8 Å². The Balaban J connectivity index is 1.68. The van der Waals surface area contributed by atoms with Gasteiger partial charge in [-0.1, -0.05) is 22.8 Å². The SMILES string of the molecule is CN(CCc1noc(-c2ccc(Cl)cc2)n1)S(=O)(=O)c1cccc(F)c1. The van der Waals surface area contributed by atoms with Crippen LogP contribution < -0.4 is 0 Å². The number of aromatic nitrogens is 2. The molecule has 1 heterocycles. The highest BCUT2D eigenvalue weighted by Gasteiger charge is 2.21. The first kappa shape index (κ1) is 18.5. The van der Waals surface area contributed by atoms with Gasteiger partial charge in [0.1, 0.15) is 5.82 Å². The molecule has 0 fully saturated rings. The van der Waals surface area contributed by atoms with Crippen molar-refractivity contribution in [3.63, 3.8) is 0 Å². The third-order valence-electron chi connectivity index (χ3n) is 3.71. The van der Waals surface area contributed by atoms with Crippen molar-refractivity contribution in [2.24, 2.45) is 0 Å². The first-order chi connectivity index (χ1) is 12.4. The second kappa shape index (κ2) is 7.53. The summed E-state index contributed by atoms with van der Waals surface area (Å²) in [7, 11) is -2.37. The van der Waals surface area contributed by atoms with Crippen molar-refractivity contribution in [1.29, 1.82) is 0 Å². The molecule has 0 radical (unpaired) electrons. The molecule has 0 unspecified atom stereocenters.